The number of carbonyl (C=O) groups is 1. The zero-order valence-corrected chi connectivity index (χ0v) is 8.57. The van der Waals surface area contributed by atoms with Crippen LogP contribution in [-0.4, -0.2) is 54.7 Å². The molecule has 0 aromatic carbocycles. The highest BCUT2D eigenvalue weighted by Gasteiger charge is 2.27. The van der Waals surface area contributed by atoms with Crippen molar-refractivity contribution in [2.45, 2.75) is 13.0 Å². The first-order valence-corrected chi connectivity index (χ1v) is 5.00. The second kappa shape index (κ2) is 5.29. The molecule has 2 atom stereocenters. The van der Waals surface area contributed by atoms with Crippen LogP contribution in [0.2, 0.25) is 0 Å². The summed E-state index contributed by atoms with van der Waals surface area (Å²) in [6.07, 6.45) is 0. The van der Waals surface area contributed by atoms with E-state index in [9.17, 15) is 4.79 Å². The van der Waals surface area contributed by atoms with Gasteiger partial charge in [-0.2, -0.15) is 0 Å². The third-order valence-corrected chi connectivity index (χ3v) is 2.54. The molecule has 82 valence electrons. The molecule has 1 fully saturated rings. The Bertz CT molecular complexity index is 198. The Labute approximate surface area is 84.3 Å². The van der Waals surface area contributed by atoms with Crippen LogP contribution in [0.1, 0.15) is 6.92 Å². The van der Waals surface area contributed by atoms with Crippen LogP contribution in [-0.2, 0) is 4.79 Å². The number of hydrogen-bond acceptors (Lipinski definition) is 4. The van der Waals surface area contributed by atoms with E-state index in [4.69, 9.17) is 10.8 Å². The first-order chi connectivity index (χ1) is 6.65. The molecule has 1 aliphatic rings. The van der Waals surface area contributed by atoms with E-state index < -0.39 is 0 Å². The fourth-order valence-electron chi connectivity index (χ4n) is 1.70. The molecule has 1 heterocycles. The minimum atomic E-state index is -0.290. The van der Waals surface area contributed by atoms with Gasteiger partial charge in [-0.3, -0.25) is 9.69 Å². The monoisotopic (exact) mass is 201 g/mol. The highest BCUT2D eigenvalue weighted by atomic mass is 16.3. The van der Waals surface area contributed by atoms with Gasteiger partial charge in [-0.15, -0.1) is 0 Å². The second-order valence-electron chi connectivity index (χ2n) is 3.90. The quantitative estimate of drug-likeness (QED) is 0.510. The van der Waals surface area contributed by atoms with Gasteiger partial charge in [0.2, 0.25) is 5.91 Å². The number of carbonyl (C=O) groups excluding carboxylic acids is 1. The number of nitrogens with one attached hydrogen (secondary N) is 1. The number of nitrogens with zero attached hydrogens (tertiary/aromatic N) is 1. The zero-order valence-electron chi connectivity index (χ0n) is 8.57. The Hall–Kier alpha value is -0.650. The van der Waals surface area contributed by atoms with E-state index in [1.807, 2.05) is 11.8 Å². The SMILES string of the molecule is CC(CO)CN1CCNCC1C(N)=O. The van der Waals surface area contributed by atoms with Crippen LogP contribution in [0.4, 0.5) is 0 Å². The van der Waals surface area contributed by atoms with E-state index in [1.54, 1.807) is 0 Å². The summed E-state index contributed by atoms with van der Waals surface area (Å²) in [6.45, 7) is 5.15. The minimum absolute atomic E-state index is 0.148. The Balaban J connectivity index is 2.49. The van der Waals surface area contributed by atoms with Crippen LogP contribution in [0.25, 0.3) is 0 Å². The van der Waals surface area contributed by atoms with Gasteiger partial charge in [0.1, 0.15) is 6.04 Å². The lowest BCUT2D eigenvalue weighted by Crippen LogP contribution is -2.57. The van der Waals surface area contributed by atoms with E-state index in [-0.39, 0.29) is 24.5 Å². The van der Waals surface area contributed by atoms with E-state index >= 15 is 0 Å². The maximum Gasteiger partial charge on any atom is 0.236 e. The van der Waals surface area contributed by atoms with Gasteiger partial charge in [-0.25, -0.2) is 0 Å². The van der Waals surface area contributed by atoms with Gasteiger partial charge < -0.3 is 16.2 Å². The molecular weight excluding hydrogens is 182 g/mol. The molecule has 1 amide bonds. The minimum Gasteiger partial charge on any atom is -0.396 e. The van der Waals surface area contributed by atoms with Crippen LogP contribution in [0.15, 0.2) is 0 Å². The average Bonchev–Trinajstić information content (AvgIpc) is 2.18. The highest BCUT2D eigenvalue weighted by molar-refractivity contribution is 5.80. The van der Waals surface area contributed by atoms with Crippen LogP contribution in [0, 0.1) is 5.92 Å². The van der Waals surface area contributed by atoms with Crippen molar-refractivity contribution >= 4 is 5.91 Å². The molecule has 14 heavy (non-hydrogen) atoms. The van der Waals surface area contributed by atoms with E-state index in [0.717, 1.165) is 19.6 Å². The van der Waals surface area contributed by atoms with Crippen molar-refractivity contribution in [3.05, 3.63) is 0 Å². The first kappa shape index (κ1) is 11.4. The summed E-state index contributed by atoms with van der Waals surface area (Å²) in [7, 11) is 0. The third kappa shape index (κ3) is 2.94. The maximum absolute atomic E-state index is 11.1. The van der Waals surface area contributed by atoms with Gasteiger partial charge in [-0.05, 0) is 5.92 Å². The number of aliphatic hydroxyl groups is 1. The molecule has 0 saturated carbocycles. The van der Waals surface area contributed by atoms with Crippen molar-refractivity contribution < 1.29 is 9.90 Å². The second-order valence-corrected chi connectivity index (χ2v) is 3.90. The Morgan fingerprint density at radius 1 is 1.79 bits per heavy atom. The van der Waals surface area contributed by atoms with Gasteiger partial charge in [-0.1, -0.05) is 6.92 Å². The molecule has 0 bridgehead atoms. The van der Waals surface area contributed by atoms with Crippen LogP contribution < -0.4 is 11.1 Å². The Morgan fingerprint density at radius 3 is 3.07 bits per heavy atom. The van der Waals surface area contributed by atoms with Gasteiger partial charge >= 0.3 is 0 Å². The average molecular weight is 201 g/mol. The summed E-state index contributed by atoms with van der Waals surface area (Å²) in [5, 5.41) is 12.1. The summed E-state index contributed by atoms with van der Waals surface area (Å²) in [5.74, 6) is -0.0997. The molecule has 0 spiro atoms. The normalized spacial score (nSPS) is 26.0. The van der Waals surface area contributed by atoms with E-state index in [1.165, 1.54) is 0 Å². The molecule has 1 saturated heterocycles. The molecule has 0 aromatic rings. The van der Waals surface area contributed by atoms with Crippen LogP contribution >= 0.6 is 0 Å². The summed E-state index contributed by atoms with van der Waals surface area (Å²) in [5.41, 5.74) is 5.29. The van der Waals surface area contributed by atoms with Crippen molar-refractivity contribution in [2.75, 3.05) is 32.8 Å². The predicted octanol–water partition coefficient (Wildman–Crippen LogP) is -1.63. The highest BCUT2D eigenvalue weighted by Crippen LogP contribution is 2.06. The number of hydrogen-bond donors (Lipinski definition) is 3. The van der Waals surface area contributed by atoms with Crippen molar-refractivity contribution in [2.24, 2.45) is 11.7 Å². The van der Waals surface area contributed by atoms with Gasteiger partial charge in [0.05, 0.1) is 0 Å². The zero-order chi connectivity index (χ0) is 10.6. The summed E-state index contributed by atoms with van der Waals surface area (Å²) in [4.78, 5) is 13.2. The molecule has 2 unspecified atom stereocenters. The van der Waals surface area contributed by atoms with Crippen molar-refractivity contribution in [3.8, 4) is 0 Å². The van der Waals surface area contributed by atoms with Gasteiger partial charge in [0.15, 0.2) is 0 Å². The smallest absolute Gasteiger partial charge is 0.236 e. The summed E-state index contributed by atoms with van der Waals surface area (Å²) in [6, 6.07) is -0.224. The molecule has 1 aliphatic heterocycles. The molecule has 4 N–H and O–H groups in total. The van der Waals surface area contributed by atoms with Gasteiger partial charge in [0.25, 0.3) is 0 Å². The van der Waals surface area contributed by atoms with Crippen LogP contribution in [0.3, 0.4) is 0 Å². The van der Waals surface area contributed by atoms with Gasteiger partial charge in [0, 0.05) is 32.8 Å². The number of nitrogens with two attached hydrogens (primary N) is 1. The summed E-state index contributed by atoms with van der Waals surface area (Å²) < 4.78 is 0. The lowest BCUT2D eigenvalue weighted by molar-refractivity contribution is -0.124. The number of aliphatic hydroxyl groups excluding tert-OH is 1. The first-order valence-electron chi connectivity index (χ1n) is 5.00. The number of piperazine rings is 1. The topological polar surface area (TPSA) is 78.6 Å². The lowest BCUT2D eigenvalue weighted by atomic mass is 10.1. The van der Waals surface area contributed by atoms with Crippen molar-refractivity contribution in [1.29, 1.82) is 0 Å². The van der Waals surface area contributed by atoms with E-state index in [0.29, 0.717) is 6.54 Å². The Kier molecular flexibility index (Phi) is 4.31. The van der Waals surface area contributed by atoms with E-state index in [2.05, 4.69) is 5.32 Å². The number of rotatable bonds is 4. The molecule has 1 rings (SSSR count). The molecular formula is C9H19N3O2. The van der Waals surface area contributed by atoms with Crippen molar-refractivity contribution in [3.63, 3.8) is 0 Å². The molecule has 0 aliphatic carbocycles. The maximum atomic E-state index is 11.1. The molecule has 5 heteroatoms. The summed E-state index contributed by atoms with van der Waals surface area (Å²) >= 11 is 0. The largest absolute Gasteiger partial charge is 0.396 e. The molecule has 0 radical (unpaired) electrons. The molecule has 0 aromatic heterocycles. The molecule has 5 nitrogen and oxygen atoms in total. The number of primary amides is 1. The third-order valence-electron chi connectivity index (χ3n) is 2.54. The fraction of sp³-hybridized carbons (Fsp3) is 0.889. The fourth-order valence-corrected chi connectivity index (χ4v) is 1.70. The number of amides is 1. The predicted molar refractivity (Wildman–Crippen MR) is 53.7 cm³/mol. The van der Waals surface area contributed by atoms with Crippen molar-refractivity contribution in [1.82, 2.24) is 10.2 Å². The Morgan fingerprint density at radius 2 is 2.50 bits per heavy atom. The lowest BCUT2D eigenvalue weighted by Gasteiger charge is -2.35. The standard InChI is InChI=1S/C9H19N3O2/c1-7(6-13)5-12-3-2-11-4-8(12)9(10)14/h7-8,11,13H,2-6H2,1H3,(H2,10,14). The van der Waals surface area contributed by atoms with Crippen LogP contribution in [0.5, 0.6) is 0 Å².